The molecule has 26 heavy (non-hydrogen) atoms. The number of hydrogen-bond acceptors (Lipinski definition) is 3. The molecule has 130 valence electrons. The van der Waals surface area contributed by atoms with E-state index < -0.39 is 5.91 Å². The Bertz CT molecular complexity index is 933. The smallest absolute Gasteiger partial charge is 0.241 e. The van der Waals surface area contributed by atoms with Gasteiger partial charge < -0.3 is 15.6 Å². The standard InChI is InChI=1S/C22H19NO3/c23-22(25)12-9-18-13-19(24)10-11-21(18)17-7-4-8-20(14-17)26-15-16-5-2-1-3-6-16/h1-14,24H,15H2,(H2,23,25). The van der Waals surface area contributed by atoms with Gasteiger partial charge in [-0.15, -0.1) is 0 Å². The van der Waals surface area contributed by atoms with E-state index in [1.54, 1.807) is 24.3 Å². The normalized spacial score (nSPS) is 10.8. The van der Waals surface area contributed by atoms with Crippen LogP contribution in [0.1, 0.15) is 11.1 Å². The summed E-state index contributed by atoms with van der Waals surface area (Å²) in [5, 5.41) is 9.74. The molecule has 0 radical (unpaired) electrons. The number of carbonyl (C=O) groups is 1. The fourth-order valence-electron chi connectivity index (χ4n) is 2.62. The van der Waals surface area contributed by atoms with Gasteiger partial charge in [0.2, 0.25) is 5.91 Å². The highest BCUT2D eigenvalue weighted by Crippen LogP contribution is 2.30. The predicted molar refractivity (Wildman–Crippen MR) is 103 cm³/mol. The van der Waals surface area contributed by atoms with Crippen LogP contribution in [0, 0.1) is 0 Å². The zero-order valence-electron chi connectivity index (χ0n) is 14.1. The van der Waals surface area contributed by atoms with E-state index in [9.17, 15) is 9.90 Å². The Morgan fingerprint density at radius 2 is 1.81 bits per heavy atom. The third-order valence-corrected chi connectivity index (χ3v) is 3.86. The highest BCUT2D eigenvalue weighted by Gasteiger charge is 2.06. The largest absolute Gasteiger partial charge is 0.508 e. The summed E-state index contributed by atoms with van der Waals surface area (Å²) in [7, 11) is 0. The van der Waals surface area contributed by atoms with Gasteiger partial charge in [-0.1, -0.05) is 48.5 Å². The maximum Gasteiger partial charge on any atom is 0.241 e. The van der Waals surface area contributed by atoms with Crippen molar-refractivity contribution in [2.45, 2.75) is 6.61 Å². The first kappa shape index (κ1) is 17.3. The fourth-order valence-corrected chi connectivity index (χ4v) is 2.62. The molecule has 0 aromatic heterocycles. The molecule has 0 bridgehead atoms. The summed E-state index contributed by atoms with van der Waals surface area (Å²) in [4.78, 5) is 11.0. The lowest BCUT2D eigenvalue weighted by atomic mass is 9.98. The molecule has 0 aliphatic carbocycles. The summed E-state index contributed by atoms with van der Waals surface area (Å²) < 4.78 is 5.87. The van der Waals surface area contributed by atoms with E-state index in [4.69, 9.17) is 10.5 Å². The van der Waals surface area contributed by atoms with Crippen molar-refractivity contribution in [3.8, 4) is 22.6 Å². The molecule has 3 aromatic carbocycles. The van der Waals surface area contributed by atoms with Crippen LogP contribution < -0.4 is 10.5 Å². The molecular weight excluding hydrogens is 326 g/mol. The van der Waals surface area contributed by atoms with Crippen LogP contribution in [-0.2, 0) is 11.4 Å². The lowest BCUT2D eigenvalue weighted by molar-refractivity contribution is -0.113. The molecule has 4 heteroatoms. The van der Waals surface area contributed by atoms with Crippen molar-refractivity contribution < 1.29 is 14.6 Å². The van der Waals surface area contributed by atoms with Gasteiger partial charge in [-0.2, -0.15) is 0 Å². The van der Waals surface area contributed by atoms with Crippen LogP contribution in [0.2, 0.25) is 0 Å². The van der Waals surface area contributed by atoms with Gasteiger partial charge in [0.15, 0.2) is 0 Å². The number of amides is 1. The zero-order valence-corrected chi connectivity index (χ0v) is 14.1. The van der Waals surface area contributed by atoms with Crippen molar-refractivity contribution >= 4 is 12.0 Å². The first-order valence-electron chi connectivity index (χ1n) is 8.19. The number of primary amides is 1. The Hall–Kier alpha value is -3.53. The highest BCUT2D eigenvalue weighted by atomic mass is 16.5. The Kier molecular flexibility index (Phi) is 5.34. The van der Waals surface area contributed by atoms with Crippen molar-refractivity contribution in [2.24, 2.45) is 5.73 Å². The van der Waals surface area contributed by atoms with Gasteiger partial charge in [0.05, 0.1) is 0 Å². The molecule has 3 rings (SSSR count). The van der Waals surface area contributed by atoms with E-state index in [0.29, 0.717) is 12.2 Å². The summed E-state index contributed by atoms with van der Waals surface area (Å²) in [6.07, 6.45) is 2.86. The van der Waals surface area contributed by atoms with Gasteiger partial charge in [0.1, 0.15) is 18.1 Å². The molecule has 0 fully saturated rings. The number of rotatable bonds is 6. The second-order valence-corrected chi connectivity index (χ2v) is 5.81. The Morgan fingerprint density at radius 3 is 2.58 bits per heavy atom. The average Bonchev–Trinajstić information content (AvgIpc) is 2.66. The van der Waals surface area contributed by atoms with E-state index in [0.717, 1.165) is 22.4 Å². The van der Waals surface area contributed by atoms with Crippen LogP contribution in [0.3, 0.4) is 0 Å². The molecular formula is C22H19NO3. The van der Waals surface area contributed by atoms with Crippen molar-refractivity contribution in [1.82, 2.24) is 0 Å². The van der Waals surface area contributed by atoms with Crippen LogP contribution in [0.15, 0.2) is 78.9 Å². The number of carbonyl (C=O) groups excluding carboxylic acids is 1. The lowest BCUT2D eigenvalue weighted by Gasteiger charge is -2.11. The molecule has 0 unspecified atom stereocenters. The van der Waals surface area contributed by atoms with Crippen LogP contribution in [-0.4, -0.2) is 11.0 Å². The molecule has 3 aromatic rings. The van der Waals surface area contributed by atoms with Crippen molar-refractivity contribution in [1.29, 1.82) is 0 Å². The number of benzene rings is 3. The Balaban J connectivity index is 1.87. The Labute approximate surface area is 152 Å². The average molecular weight is 345 g/mol. The molecule has 0 saturated carbocycles. The highest BCUT2D eigenvalue weighted by molar-refractivity contribution is 5.92. The number of aromatic hydroxyl groups is 1. The van der Waals surface area contributed by atoms with Crippen molar-refractivity contribution in [2.75, 3.05) is 0 Å². The molecule has 0 atom stereocenters. The molecule has 4 nitrogen and oxygen atoms in total. The number of hydrogen-bond donors (Lipinski definition) is 2. The quantitative estimate of drug-likeness (QED) is 0.660. The number of ether oxygens (including phenoxy) is 1. The molecule has 0 spiro atoms. The first-order chi connectivity index (χ1) is 12.6. The topological polar surface area (TPSA) is 72.6 Å². The number of phenolic OH excluding ortho intramolecular Hbond substituents is 1. The zero-order chi connectivity index (χ0) is 18.4. The number of nitrogens with two attached hydrogens (primary N) is 1. The molecule has 0 aliphatic rings. The van der Waals surface area contributed by atoms with Gasteiger partial charge >= 0.3 is 0 Å². The predicted octanol–water partition coefficient (Wildman–Crippen LogP) is 4.14. The Morgan fingerprint density at radius 1 is 1.00 bits per heavy atom. The summed E-state index contributed by atoms with van der Waals surface area (Å²) in [6, 6.07) is 22.6. The third-order valence-electron chi connectivity index (χ3n) is 3.86. The van der Waals surface area contributed by atoms with Gasteiger partial charge in [0.25, 0.3) is 0 Å². The van der Waals surface area contributed by atoms with Crippen molar-refractivity contribution in [3.05, 3.63) is 90.0 Å². The summed E-state index contributed by atoms with van der Waals surface area (Å²) >= 11 is 0. The minimum Gasteiger partial charge on any atom is -0.508 e. The van der Waals surface area contributed by atoms with Crippen LogP contribution >= 0.6 is 0 Å². The minimum absolute atomic E-state index is 0.120. The summed E-state index contributed by atoms with van der Waals surface area (Å²) in [5.74, 6) is 0.317. The second-order valence-electron chi connectivity index (χ2n) is 5.81. The van der Waals surface area contributed by atoms with Gasteiger partial charge in [0, 0.05) is 6.08 Å². The van der Waals surface area contributed by atoms with E-state index in [2.05, 4.69) is 0 Å². The monoisotopic (exact) mass is 345 g/mol. The second kappa shape index (κ2) is 8.03. The third kappa shape index (κ3) is 4.51. The lowest BCUT2D eigenvalue weighted by Crippen LogP contribution is -2.05. The molecule has 3 N–H and O–H groups in total. The molecule has 0 aliphatic heterocycles. The van der Waals surface area contributed by atoms with Crippen LogP contribution in [0.25, 0.3) is 17.2 Å². The SMILES string of the molecule is NC(=O)C=Cc1cc(O)ccc1-c1cccc(OCc2ccccc2)c1. The first-order valence-corrected chi connectivity index (χ1v) is 8.19. The maximum absolute atomic E-state index is 11.0. The van der Waals surface area contributed by atoms with Gasteiger partial charge in [-0.05, 0) is 52.6 Å². The van der Waals surface area contributed by atoms with Gasteiger partial charge in [-0.25, -0.2) is 0 Å². The molecule has 1 amide bonds. The van der Waals surface area contributed by atoms with E-state index in [1.165, 1.54) is 6.08 Å². The maximum atomic E-state index is 11.0. The molecule has 0 saturated heterocycles. The number of phenols is 1. The van der Waals surface area contributed by atoms with E-state index in [-0.39, 0.29) is 5.75 Å². The van der Waals surface area contributed by atoms with E-state index >= 15 is 0 Å². The van der Waals surface area contributed by atoms with Gasteiger partial charge in [-0.3, -0.25) is 4.79 Å². The molecule has 0 heterocycles. The minimum atomic E-state index is -0.542. The summed E-state index contributed by atoms with van der Waals surface area (Å²) in [5.41, 5.74) is 8.75. The van der Waals surface area contributed by atoms with Crippen LogP contribution in [0.5, 0.6) is 11.5 Å². The van der Waals surface area contributed by atoms with Crippen LogP contribution in [0.4, 0.5) is 0 Å². The van der Waals surface area contributed by atoms with E-state index in [1.807, 2.05) is 54.6 Å². The van der Waals surface area contributed by atoms with Crippen molar-refractivity contribution in [3.63, 3.8) is 0 Å². The summed E-state index contributed by atoms with van der Waals surface area (Å²) in [6.45, 7) is 0.480. The fraction of sp³-hybridized carbons (Fsp3) is 0.0455.